The standard InChI is InChI=1S/C19H23NS.C3H8.C2H4O2/c1-5-7-16(8-6-2)13-14-21-19(20)18-11-9-17(10-12-18)15(3)4;1-3-2;1-2(3)4/h1,7,9-15,20H,6,8H2,2-4H3;3H2,1-2H3;1H3,(H,3,4)/b14-13+,16-7+,20-19?;;. The summed E-state index contributed by atoms with van der Waals surface area (Å²) in [5.74, 6) is 2.25. The Morgan fingerprint density at radius 2 is 1.75 bits per heavy atom. The summed E-state index contributed by atoms with van der Waals surface area (Å²) in [7, 11) is 0. The molecule has 0 aliphatic carbocycles. The topological polar surface area (TPSA) is 61.2 Å². The minimum Gasteiger partial charge on any atom is -0.481 e. The van der Waals surface area contributed by atoms with E-state index in [0.29, 0.717) is 11.0 Å². The fraction of sp³-hybridized carbons (Fsp3) is 0.417. The van der Waals surface area contributed by atoms with E-state index in [1.165, 1.54) is 23.7 Å². The molecule has 0 radical (unpaired) electrons. The Balaban J connectivity index is 0. The minimum atomic E-state index is -0.833. The van der Waals surface area contributed by atoms with Crippen molar-refractivity contribution in [3.05, 3.63) is 58.5 Å². The number of carbonyl (C=O) groups is 1. The van der Waals surface area contributed by atoms with E-state index in [2.05, 4.69) is 52.7 Å². The van der Waals surface area contributed by atoms with Gasteiger partial charge in [0, 0.05) is 12.5 Å². The van der Waals surface area contributed by atoms with Crippen LogP contribution in [0.2, 0.25) is 0 Å². The smallest absolute Gasteiger partial charge is 0.300 e. The number of benzene rings is 1. The molecule has 0 saturated carbocycles. The minimum absolute atomic E-state index is 0.520. The Morgan fingerprint density at radius 1 is 1.25 bits per heavy atom. The largest absolute Gasteiger partial charge is 0.481 e. The molecule has 0 bridgehead atoms. The molecule has 0 atom stereocenters. The number of nitrogens with one attached hydrogen (secondary N) is 1. The lowest BCUT2D eigenvalue weighted by atomic mass is 10.0. The van der Waals surface area contributed by atoms with Crippen LogP contribution in [-0.4, -0.2) is 16.1 Å². The van der Waals surface area contributed by atoms with E-state index >= 15 is 0 Å². The maximum Gasteiger partial charge on any atom is 0.300 e. The fourth-order valence-corrected chi connectivity index (χ4v) is 2.53. The average Bonchev–Trinajstić information content (AvgIpc) is 2.62. The van der Waals surface area contributed by atoms with E-state index in [-0.39, 0.29) is 0 Å². The van der Waals surface area contributed by atoms with Crippen LogP contribution in [0, 0.1) is 17.8 Å². The molecule has 4 heteroatoms. The van der Waals surface area contributed by atoms with Gasteiger partial charge in [-0.3, -0.25) is 10.2 Å². The Labute approximate surface area is 175 Å². The lowest BCUT2D eigenvalue weighted by Crippen LogP contribution is -1.93. The normalized spacial score (nSPS) is 10.4. The lowest BCUT2D eigenvalue weighted by Gasteiger charge is -2.06. The quantitative estimate of drug-likeness (QED) is 0.228. The number of hydrogen-bond acceptors (Lipinski definition) is 3. The first kappa shape index (κ1) is 28.0. The predicted octanol–water partition coefficient (Wildman–Crippen LogP) is 7.25. The third-order valence-electron chi connectivity index (χ3n) is 3.11. The first-order chi connectivity index (χ1) is 13.2. The molecule has 0 aliphatic heterocycles. The van der Waals surface area contributed by atoms with E-state index in [4.69, 9.17) is 21.7 Å². The molecule has 0 spiro atoms. The van der Waals surface area contributed by atoms with Crippen LogP contribution in [0.3, 0.4) is 0 Å². The van der Waals surface area contributed by atoms with Crippen molar-refractivity contribution in [3.8, 4) is 12.3 Å². The van der Waals surface area contributed by atoms with Crippen LogP contribution in [0.5, 0.6) is 0 Å². The van der Waals surface area contributed by atoms with Crippen molar-refractivity contribution in [2.24, 2.45) is 0 Å². The number of rotatable bonds is 6. The van der Waals surface area contributed by atoms with Crippen molar-refractivity contribution < 1.29 is 9.90 Å². The highest BCUT2D eigenvalue weighted by Gasteiger charge is 2.02. The monoisotopic (exact) mass is 401 g/mol. The zero-order chi connectivity index (χ0) is 21.9. The SMILES string of the molecule is C#C/C=C(/C=C/SC(=N)c1ccc(C(C)C)cc1)CCC.CC(=O)O.CCC. The van der Waals surface area contributed by atoms with Gasteiger partial charge in [-0.1, -0.05) is 95.5 Å². The lowest BCUT2D eigenvalue weighted by molar-refractivity contribution is -0.134. The van der Waals surface area contributed by atoms with Crippen LogP contribution < -0.4 is 0 Å². The summed E-state index contributed by atoms with van der Waals surface area (Å²) >= 11 is 1.42. The zero-order valence-corrected chi connectivity index (χ0v) is 18.9. The first-order valence-electron chi connectivity index (χ1n) is 9.60. The molecule has 3 nitrogen and oxygen atoms in total. The molecule has 0 unspecified atom stereocenters. The molecular weight excluding hydrogens is 366 g/mol. The van der Waals surface area contributed by atoms with E-state index in [0.717, 1.165) is 30.9 Å². The van der Waals surface area contributed by atoms with E-state index in [9.17, 15) is 0 Å². The highest BCUT2D eigenvalue weighted by atomic mass is 32.2. The molecular formula is C24H35NO2S. The van der Waals surface area contributed by atoms with Crippen LogP contribution >= 0.6 is 11.8 Å². The predicted molar refractivity (Wildman–Crippen MR) is 125 cm³/mol. The molecule has 0 amide bonds. The molecule has 0 aliphatic rings. The average molecular weight is 402 g/mol. The van der Waals surface area contributed by atoms with Gasteiger partial charge < -0.3 is 5.11 Å². The Morgan fingerprint density at radius 3 is 2.14 bits per heavy atom. The summed E-state index contributed by atoms with van der Waals surface area (Å²) in [6, 6.07) is 8.23. The van der Waals surface area contributed by atoms with Crippen molar-refractivity contribution in [1.29, 1.82) is 5.41 Å². The second kappa shape index (κ2) is 18.1. The van der Waals surface area contributed by atoms with Gasteiger partial charge in [-0.2, -0.15) is 0 Å². The van der Waals surface area contributed by atoms with E-state index in [1.54, 1.807) is 6.08 Å². The molecule has 1 aromatic rings. The third kappa shape index (κ3) is 16.0. The fourth-order valence-electron chi connectivity index (χ4n) is 1.88. The molecule has 154 valence electrons. The van der Waals surface area contributed by atoms with Gasteiger partial charge in [0.05, 0.1) is 5.04 Å². The molecule has 2 N–H and O–H groups in total. The first-order valence-corrected chi connectivity index (χ1v) is 10.5. The van der Waals surface area contributed by atoms with Crippen molar-refractivity contribution in [2.75, 3.05) is 0 Å². The third-order valence-corrected chi connectivity index (χ3v) is 3.86. The molecule has 0 fully saturated rings. The van der Waals surface area contributed by atoms with Crippen LogP contribution in [0.25, 0.3) is 0 Å². The maximum absolute atomic E-state index is 9.00. The summed E-state index contributed by atoms with van der Waals surface area (Å²) in [5, 5.41) is 18.0. The van der Waals surface area contributed by atoms with Gasteiger partial charge in [-0.25, -0.2) is 0 Å². The van der Waals surface area contributed by atoms with E-state index < -0.39 is 5.97 Å². The highest BCUT2D eigenvalue weighted by Crippen LogP contribution is 2.19. The number of aliphatic carboxylic acids is 1. The maximum atomic E-state index is 9.00. The zero-order valence-electron chi connectivity index (χ0n) is 18.1. The summed E-state index contributed by atoms with van der Waals surface area (Å²) in [6.45, 7) is 11.8. The van der Waals surface area contributed by atoms with Gasteiger partial charge >= 0.3 is 0 Å². The van der Waals surface area contributed by atoms with Crippen molar-refractivity contribution in [1.82, 2.24) is 0 Å². The van der Waals surface area contributed by atoms with Crippen LogP contribution in [-0.2, 0) is 4.79 Å². The second-order valence-electron chi connectivity index (χ2n) is 6.39. The number of carboxylic acid groups (broad SMARTS) is 1. The summed E-state index contributed by atoms with van der Waals surface area (Å²) in [4.78, 5) is 9.00. The number of carboxylic acids is 1. The van der Waals surface area contributed by atoms with Crippen LogP contribution in [0.4, 0.5) is 0 Å². The van der Waals surface area contributed by atoms with Gasteiger partial charge in [0.15, 0.2) is 0 Å². The summed E-state index contributed by atoms with van der Waals surface area (Å²) in [5.41, 5.74) is 3.39. The Bertz CT molecular complexity index is 661. The molecule has 28 heavy (non-hydrogen) atoms. The van der Waals surface area contributed by atoms with Crippen molar-refractivity contribution >= 4 is 22.8 Å². The van der Waals surface area contributed by atoms with Gasteiger partial charge in [0.1, 0.15) is 0 Å². The van der Waals surface area contributed by atoms with E-state index in [1.807, 2.05) is 23.6 Å². The Kier molecular flexibility index (Phi) is 18.1. The molecule has 1 rings (SSSR count). The molecule has 0 heterocycles. The second-order valence-corrected chi connectivity index (χ2v) is 7.30. The molecule has 0 saturated heterocycles. The number of hydrogen-bond donors (Lipinski definition) is 2. The summed E-state index contributed by atoms with van der Waals surface area (Å²) in [6.07, 6.45) is 12.4. The highest BCUT2D eigenvalue weighted by molar-refractivity contribution is 8.16. The van der Waals surface area contributed by atoms with Gasteiger partial charge in [0.25, 0.3) is 5.97 Å². The van der Waals surface area contributed by atoms with Crippen molar-refractivity contribution in [3.63, 3.8) is 0 Å². The number of thioether (sulfide) groups is 1. The van der Waals surface area contributed by atoms with Crippen molar-refractivity contribution in [2.45, 2.75) is 66.7 Å². The molecule has 0 aromatic heterocycles. The van der Waals surface area contributed by atoms with Crippen LogP contribution in [0.1, 0.15) is 77.8 Å². The Hall–Kier alpha value is -2.25. The molecule has 1 aromatic carbocycles. The van der Waals surface area contributed by atoms with Gasteiger partial charge in [-0.05, 0) is 35.0 Å². The van der Waals surface area contributed by atoms with Gasteiger partial charge in [0.2, 0.25) is 0 Å². The van der Waals surface area contributed by atoms with Gasteiger partial charge in [-0.15, -0.1) is 6.42 Å². The number of terminal acetylenes is 1. The van der Waals surface area contributed by atoms with Crippen LogP contribution in [0.15, 0.2) is 47.4 Å². The number of allylic oxidation sites excluding steroid dienone is 3. The summed E-state index contributed by atoms with van der Waals surface area (Å²) < 4.78 is 0.